The SMILES string of the molecule is CCCCCCCC(N)CCN(C)C. The van der Waals surface area contributed by atoms with Gasteiger partial charge in [-0.2, -0.15) is 0 Å². The van der Waals surface area contributed by atoms with Crippen LogP contribution in [0.2, 0.25) is 0 Å². The van der Waals surface area contributed by atoms with Gasteiger partial charge in [0.15, 0.2) is 0 Å². The van der Waals surface area contributed by atoms with Crippen molar-refractivity contribution in [1.29, 1.82) is 0 Å². The van der Waals surface area contributed by atoms with Gasteiger partial charge in [-0.15, -0.1) is 0 Å². The van der Waals surface area contributed by atoms with E-state index in [1.165, 1.54) is 38.5 Å². The van der Waals surface area contributed by atoms with Crippen molar-refractivity contribution in [2.75, 3.05) is 20.6 Å². The van der Waals surface area contributed by atoms with Crippen molar-refractivity contribution >= 4 is 0 Å². The molecule has 0 heterocycles. The molecule has 2 nitrogen and oxygen atoms in total. The van der Waals surface area contributed by atoms with Crippen molar-refractivity contribution in [3.63, 3.8) is 0 Å². The second-order valence-electron chi connectivity index (χ2n) is 4.55. The van der Waals surface area contributed by atoms with Crippen LogP contribution in [0.4, 0.5) is 0 Å². The molecule has 0 saturated heterocycles. The van der Waals surface area contributed by atoms with Crippen LogP contribution >= 0.6 is 0 Å². The van der Waals surface area contributed by atoms with Crippen LogP contribution in [0, 0.1) is 0 Å². The van der Waals surface area contributed by atoms with Gasteiger partial charge in [-0.05, 0) is 33.5 Å². The summed E-state index contributed by atoms with van der Waals surface area (Å²) < 4.78 is 0. The number of rotatable bonds is 9. The fourth-order valence-corrected chi connectivity index (χ4v) is 1.58. The van der Waals surface area contributed by atoms with Gasteiger partial charge in [-0.1, -0.05) is 39.0 Å². The third-order valence-corrected chi connectivity index (χ3v) is 2.63. The number of unbranched alkanes of at least 4 members (excludes halogenated alkanes) is 4. The van der Waals surface area contributed by atoms with Gasteiger partial charge in [-0.25, -0.2) is 0 Å². The molecule has 14 heavy (non-hydrogen) atoms. The Bertz CT molecular complexity index is 113. The molecule has 0 aliphatic heterocycles. The van der Waals surface area contributed by atoms with E-state index >= 15 is 0 Å². The van der Waals surface area contributed by atoms with Crippen LogP contribution in [-0.2, 0) is 0 Å². The Labute approximate surface area is 89.9 Å². The molecule has 0 aliphatic rings. The Balaban J connectivity index is 3.14. The van der Waals surface area contributed by atoms with Crippen molar-refractivity contribution in [3.8, 4) is 0 Å². The molecule has 2 N–H and O–H groups in total. The maximum atomic E-state index is 6.01. The maximum Gasteiger partial charge on any atom is 0.00509 e. The van der Waals surface area contributed by atoms with Crippen molar-refractivity contribution in [1.82, 2.24) is 4.90 Å². The second-order valence-corrected chi connectivity index (χ2v) is 4.55. The maximum absolute atomic E-state index is 6.01. The fourth-order valence-electron chi connectivity index (χ4n) is 1.58. The summed E-state index contributed by atoms with van der Waals surface area (Å²) in [5.41, 5.74) is 6.01. The van der Waals surface area contributed by atoms with Crippen molar-refractivity contribution in [2.45, 2.75) is 57.9 Å². The molecule has 0 aliphatic carbocycles. The van der Waals surface area contributed by atoms with E-state index in [1.807, 2.05) is 0 Å². The molecule has 0 rings (SSSR count). The highest BCUT2D eigenvalue weighted by molar-refractivity contribution is 4.62. The third kappa shape index (κ3) is 10.0. The molecule has 0 saturated carbocycles. The smallest absolute Gasteiger partial charge is 0.00509 e. The zero-order valence-corrected chi connectivity index (χ0v) is 10.3. The average Bonchev–Trinajstić information content (AvgIpc) is 2.14. The van der Waals surface area contributed by atoms with E-state index in [2.05, 4.69) is 25.9 Å². The Morgan fingerprint density at radius 3 is 2.21 bits per heavy atom. The van der Waals surface area contributed by atoms with E-state index in [0.717, 1.165) is 13.0 Å². The topological polar surface area (TPSA) is 29.3 Å². The van der Waals surface area contributed by atoms with Gasteiger partial charge in [0.05, 0.1) is 0 Å². The highest BCUT2D eigenvalue weighted by atomic mass is 15.0. The van der Waals surface area contributed by atoms with Gasteiger partial charge in [0, 0.05) is 6.04 Å². The normalized spacial score (nSPS) is 13.5. The first-order valence-electron chi connectivity index (χ1n) is 6.07. The van der Waals surface area contributed by atoms with E-state index in [1.54, 1.807) is 0 Å². The molecule has 0 amide bonds. The van der Waals surface area contributed by atoms with Crippen molar-refractivity contribution in [2.24, 2.45) is 5.73 Å². The van der Waals surface area contributed by atoms with Crippen LogP contribution in [0.25, 0.3) is 0 Å². The van der Waals surface area contributed by atoms with Crippen LogP contribution in [0.15, 0.2) is 0 Å². The summed E-state index contributed by atoms with van der Waals surface area (Å²) in [5.74, 6) is 0. The van der Waals surface area contributed by atoms with Gasteiger partial charge < -0.3 is 10.6 Å². The minimum atomic E-state index is 0.416. The van der Waals surface area contributed by atoms with Gasteiger partial charge in [0.25, 0.3) is 0 Å². The molecular weight excluding hydrogens is 172 g/mol. The molecule has 86 valence electrons. The largest absolute Gasteiger partial charge is 0.328 e. The van der Waals surface area contributed by atoms with E-state index in [0.29, 0.717) is 6.04 Å². The molecule has 0 aromatic carbocycles. The fraction of sp³-hybridized carbons (Fsp3) is 1.00. The Hall–Kier alpha value is -0.0800. The average molecular weight is 200 g/mol. The molecule has 0 aromatic rings. The standard InChI is InChI=1S/C12H28N2/c1-4-5-6-7-8-9-12(13)10-11-14(2)3/h12H,4-11,13H2,1-3H3. The lowest BCUT2D eigenvalue weighted by molar-refractivity contribution is 0.371. The first-order chi connectivity index (χ1) is 6.66. The Morgan fingerprint density at radius 2 is 1.64 bits per heavy atom. The lowest BCUT2D eigenvalue weighted by atomic mass is 10.0. The molecule has 1 unspecified atom stereocenters. The summed E-state index contributed by atoms with van der Waals surface area (Å²) in [6.07, 6.45) is 9.12. The second kappa shape index (κ2) is 9.47. The minimum Gasteiger partial charge on any atom is -0.328 e. The predicted molar refractivity (Wildman–Crippen MR) is 64.5 cm³/mol. The molecule has 2 heteroatoms. The number of nitrogens with zero attached hydrogens (tertiary/aromatic N) is 1. The molecule has 0 radical (unpaired) electrons. The van der Waals surface area contributed by atoms with Crippen LogP contribution in [0.5, 0.6) is 0 Å². The summed E-state index contributed by atoms with van der Waals surface area (Å²) in [7, 11) is 4.21. The quantitative estimate of drug-likeness (QED) is 0.580. The van der Waals surface area contributed by atoms with Gasteiger partial charge in [0.1, 0.15) is 0 Å². The molecule has 0 spiro atoms. The monoisotopic (exact) mass is 200 g/mol. The summed E-state index contributed by atoms with van der Waals surface area (Å²) in [6.45, 7) is 3.37. The zero-order valence-electron chi connectivity index (χ0n) is 10.3. The molecule has 0 fully saturated rings. The first kappa shape index (κ1) is 13.9. The van der Waals surface area contributed by atoms with Crippen LogP contribution < -0.4 is 5.73 Å². The summed E-state index contributed by atoms with van der Waals surface area (Å²) in [6, 6.07) is 0.416. The molecule has 0 bridgehead atoms. The lowest BCUT2D eigenvalue weighted by Crippen LogP contribution is -2.26. The number of nitrogens with two attached hydrogens (primary N) is 1. The summed E-state index contributed by atoms with van der Waals surface area (Å²) in [4.78, 5) is 2.21. The number of hydrogen-bond donors (Lipinski definition) is 1. The van der Waals surface area contributed by atoms with Crippen molar-refractivity contribution < 1.29 is 0 Å². The predicted octanol–water partition coefficient (Wildman–Crippen LogP) is 2.63. The lowest BCUT2D eigenvalue weighted by Gasteiger charge is -2.14. The Morgan fingerprint density at radius 1 is 1.00 bits per heavy atom. The molecular formula is C12H28N2. The summed E-state index contributed by atoms with van der Waals surface area (Å²) >= 11 is 0. The Kier molecular flexibility index (Phi) is 9.42. The zero-order chi connectivity index (χ0) is 10.8. The first-order valence-corrected chi connectivity index (χ1v) is 6.07. The van der Waals surface area contributed by atoms with Crippen LogP contribution in [-0.4, -0.2) is 31.6 Å². The van der Waals surface area contributed by atoms with E-state index < -0.39 is 0 Å². The third-order valence-electron chi connectivity index (χ3n) is 2.63. The molecule has 1 atom stereocenters. The highest BCUT2D eigenvalue weighted by Crippen LogP contribution is 2.07. The van der Waals surface area contributed by atoms with Crippen molar-refractivity contribution in [3.05, 3.63) is 0 Å². The number of hydrogen-bond acceptors (Lipinski definition) is 2. The summed E-state index contributed by atoms with van der Waals surface area (Å²) in [5, 5.41) is 0. The van der Waals surface area contributed by atoms with E-state index in [4.69, 9.17) is 5.73 Å². The minimum absolute atomic E-state index is 0.416. The van der Waals surface area contributed by atoms with Crippen LogP contribution in [0.3, 0.4) is 0 Å². The van der Waals surface area contributed by atoms with Gasteiger partial charge in [0.2, 0.25) is 0 Å². The van der Waals surface area contributed by atoms with E-state index in [-0.39, 0.29) is 0 Å². The van der Waals surface area contributed by atoms with Gasteiger partial charge >= 0.3 is 0 Å². The highest BCUT2D eigenvalue weighted by Gasteiger charge is 2.02. The van der Waals surface area contributed by atoms with E-state index in [9.17, 15) is 0 Å². The van der Waals surface area contributed by atoms with Crippen LogP contribution in [0.1, 0.15) is 51.9 Å². The van der Waals surface area contributed by atoms with Gasteiger partial charge in [-0.3, -0.25) is 0 Å². The molecule has 0 aromatic heterocycles.